The Balaban J connectivity index is 0.000000599. The molecule has 0 unspecified atom stereocenters. The van der Waals surface area contributed by atoms with E-state index in [0.29, 0.717) is 85.9 Å². The van der Waals surface area contributed by atoms with Crippen molar-refractivity contribution in [1.29, 1.82) is 0 Å². The average molecular weight is 627 g/mol. The Hall–Kier alpha value is -1.74. The summed E-state index contributed by atoms with van der Waals surface area (Å²) in [5.74, 6) is 0. The van der Waals surface area contributed by atoms with E-state index in [-0.39, 0.29) is 24.9 Å². The van der Waals surface area contributed by atoms with Crippen LogP contribution in [0.15, 0.2) is 60.7 Å². The van der Waals surface area contributed by atoms with E-state index in [2.05, 4.69) is 69.3 Å². The molecular weight excluding hydrogens is 572 g/mol. The van der Waals surface area contributed by atoms with Crippen LogP contribution in [0.5, 0.6) is 0 Å². The van der Waals surface area contributed by atoms with Crippen LogP contribution in [-0.4, -0.2) is 129 Å². The van der Waals surface area contributed by atoms with Gasteiger partial charge < -0.3 is 48.2 Å². The van der Waals surface area contributed by atoms with Crippen molar-refractivity contribution < 1.29 is 48.2 Å². The third-order valence-electron chi connectivity index (χ3n) is 6.16. The fourth-order valence-corrected chi connectivity index (χ4v) is 8.84. The third kappa shape index (κ3) is 16.8. The molecule has 0 radical (unpaired) electrons. The predicted octanol–water partition coefficient (Wildman–Crippen LogP) is 1.63. The number of rotatable bonds is 24. The summed E-state index contributed by atoms with van der Waals surface area (Å²) in [5.41, 5.74) is 0. The Morgan fingerprint density at radius 3 is 1.00 bits per heavy atom. The van der Waals surface area contributed by atoms with Gasteiger partial charge in [-0.25, -0.2) is 0 Å². The fraction of sp³-hybridized carbons (Fsp3) is 0.625. The summed E-state index contributed by atoms with van der Waals surface area (Å²) in [6, 6.07) is 21.2. The van der Waals surface area contributed by atoms with Gasteiger partial charge in [0.15, 0.2) is 0 Å². The smallest absolute Gasteiger partial charge is 0.261 e. The molecule has 246 valence electrons. The highest BCUT2D eigenvalue weighted by atomic mass is 28.4. The van der Waals surface area contributed by atoms with Crippen LogP contribution in [0.25, 0.3) is 0 Å². The van der Waals surface area contributed by atoms with Gasteiger partial charge in [-0.1, -0.05) is 81.4 Å². The van der Waals surface area contributed by atoms with Gasteiger partial charge in [0.25, 0.3) is 8.32 Å². The number of ether oxygens (including phenoxy) is 6. The Morgan fingerprint density at radius 2 is 0.721 bits per heavy atom. The van der Waals surface area contributed by atoms with Crippen LogP contribution in [-0.2, 0) is 32.8 Å². The molecule has 0 bridgehead atoms. The summed E-state index contributed by atoms with van der Waals surface area (Å²) in [7, 11) is -2.49. The lowest BCUT2D eigenvalue weighted by Gasteiger charge is -2.43. The summed E-state index contributed by atoms with van der Waals surface area (Å²) in [6.07, 6.45) is 0. The molecule has 3 N–H and O–H groups in total. The van der Waals surface area contributed by atoms with Crippen molar-refractivity contribution >= 4 is 18.7 Å². The number of hydrogen-bond donors (Lipinski definition) is 3. The molecule has 0 fully saturated rings. The Kier molecular flexibility index (Phi) is 23.4. The van der Waals surface area contributed by atoms with Gasteiger partial charge in [0.1, 0.15) is 0 Å². The van der Waals surface area contributed by atoms with Crippen molar-refractivity contribution in [2.75, 3.05) is 106 Å². The van der Waals surface area contributed by atoms with Gasteiger partial charge >= 0.3 is 0 Å². The third-order valence-corrected chi connectivity index (χ3v) is 11.2. The highest BCUT2D eigenvalue weighted by molar-refractivity contribution is 6.99. The normalized spacial score (nSPS) is 11.8. The van der Waals surface area contributed by atoms with E-state index in [0.717, 1.165) is 0 Å². The molecule has 0 aliphatic carbocycles. The van der Waals surface area contributed by atoms with E-state index in [4.69, 9.17) is 48.2 Å². The number of aliphatic hydroxyl groups is 3. The molecule has 0 spiro atoms. The first-order chi connectivity index (χ1) is 20.9. The highest BCUT2D eigenvalue weighted by Crippen LogP contribution is 2.36. The second-order valence-corrected chi connectivity index (χ2v) is 14.7. The molecule has 2 aromatic rings. The van der Waals surface area contributed by atoms with Gasteiger partial charge in [0, 0.05) is 0 Å². The van der Waals surface area contributed by atoms with Crippen LogP contribution >= 0.6 is 0 Å². The SMILES string of the molecule is CC(C)(C)[Si](OCCOCCOCCOCCO)(c1ccccc1)c1ccccc1.OCCOCCOCCOCCO. The molecule has 0 aliphatic heterocycles. The maximum absolute atomic E-state index is 8.65. The summed E-state index contributed by atoms with van der Waals surface area (Å²) in [6.45, 7) is 13.0. The zero-order valence-corrected chi connectivity index (χ0v) is 27.3. The van der Waals surface area contributed by atoms with Gasteiger partial charge in [-0.2, -0.15) is 0 Å². The summed E-state index contributed by atoms with van der Waals surface area (Å²) >= 11 is 0. The molecule has 0 saturated heterocycles. The average Bonchev–Trinajstić information content (AvgIpc) is 3.01. The maximum Gasteiger partial charge on any atom is 0.261 e. The molecule has 0 aromatic heterocycles. The second kappa shape index (κ2) is 25.6. The quantitative estimate of drug-likeness (QED) is 0.117. The summed E-state index contributed by atoms with van der Waals surface area (Å²) in [4.78, 5) is 0. The first-order valence-electron chi connectivity index (χ1n) is 15.0. The molecule has 0 aliphatic rings. The van der Waals surface area contributed by atoms with Gasteiger partial charge in [0.05, 0.1) is 106 Å². The highest BCUT2D eigenvalue weighted by Gasteiger charge is 2.49. The van der Waals surface area contributed by atoms with Crippen LogP contribution in [0.4, 0.5) is 0 Å². The lowest BCUT2D eigenvalue weighted by molar-refractivity contribution is 0.00230. The van der Waals surface area contributed by atoms with Crippen molar-refractivity contribution in [1.82, 2.24) is 0 Å². The Morgan fingerprint density at radius 1 is 0.442 bits per heavy atom. The number of hydrogen-bond acceptors (Lipinski definition) is 10. The molecule has 2 rings (SSSR count). The van der Waals surface area contributed by atoms with E-state index in [1.165, 1.54) is 10.4 Å². The topological polar surface area (TPSA) is 125 Å². The first-order valence-corrected chi connectivity index (χ1v) is 16.9. The van der Waals surface area contributed by atoms with Crippen LogP contribution in [0.2, 0.25) is 5.04 Å². The van der Waals surface area contributed by atoms with Crippen LogP contribution in [0.1, 0.15) is 20.8 Å². The molecule has 0 saturated carbocycles. The fourth-order valence-electron chi connectivity index (χ4n) is 4.29. The van der Waals surface area contributed by atoms with Crippen LogP contribution < -0.4 is 10.4 Å². The minimum absolute atomic E-state index is 0.0343. The second-order valence-electron chi connectivity index (χ2n) is 10.4. The zero-order chi connectivity index (χ0) is 31.5. The minimum Gasteiger partial charge on any atom is -0.405 e. The van der Waals surface area contributed by atoms with Crippen LogP contribution in [0.3, 0.4) is 0 Å². The maximum atomic E-state index is 8.65. The van der Waals surface area contributed by atoms with Gasteiger partial charge in [-0.15, -0.1) is 0 Å². The molecule has 0 atom stereocenters. The van der Waals surface area contributed by atoms with Gasteiger partial charge in [-0.05, 0) is 15.4 Å². The molecule has 0 heterocycles. The van der Waals surface area contributed by atoms with Crippen molar-refractivity contribution in [3.63, 3.8) is 0 Å². The van der Waals surface area contributed by atoms with E-state index in [1.807, 2.05) is 12.1 Å². The molecule has 2 aromatic carbocycles. The predicted molar refractivity (Wildman–Crippen MR) is 170 cm³/mol. The van der Waals surface area contributed by atoms with E-state index in [9.17, 15) is 0 Å². The van der Waals surface area contributed by atoms with Crippen molar-refractivity contribution in [2.24, 2.45) is 0 Å². The van der Waals surface area contributed by atoms with E-state index < -0.39 is 8.32 Å². The summed E-state index contributed by atoms with van der Waals surface area (Å²) < 4.78 is 38.1. The van der Waals surface area contributed by atoms with Gasteiger partial charge in [-0.3, -0.25) is 0 Å². The van der Waals surface area contributed by atoms with E-state index in [1.54, 1.807) is 0 Å². The first kappa shape index (κ1) is 39.3. The molecule has 10 nitrogen and oxygen atoms in total. The van der Waals surface area contributed by atoms with Crippen molar-refractivity contribution in [3.05, 3.63) is 60.7 Å². The largest absolute Gasteiger partial charge is 0.405 e. The minimum atomic E-state index is -2.49. The van der Waals surface area contributed by atoms with Crippen LogP contribution in [0, 0.1) is 0 Å². The number of benzene rings is 2. The molecular formula is C32H54O10Si. The van der Waals surface area contributed by atoms with Crippen molar-refractivity contribution in [2.45, 2.75) is 25.8 Å². The lowest BCUT2D eigenvalue weighted by Crippen LogP contribution is -2.66. The molecule has 0 amide bonds. The standard InChI is InChI=1S/C24H36O5Si.C8H18O5/c1-24(2,3)30(22-10-6-4-7-11-22,23-12-8-5-9-13-23)29-21-20-28-19-18-27-17-16-26-15-14-25;9-1-3-11-5-7-13-8-6-12-4-2-10/h4-13,25H,14-21H2,1-3H3;9-10H,1-8H2. The number of aliphatic hydroxyl groups excluding tert-OH is 3. The Labute approximate surface area is 258 Å². The lowest BCUT2D eigenvalue weighted by atomic mass is 10.2. The molecule has 11 heteroatoms. The Bertz CT molecular complexity index is 818. The zero-order valence-electron chi connectivity index (χ0n) is 26.3. The van der Waals surface area contributed by atoms with Crippen molar-refractivity contribution in [3.8, 4) is 0 Å². The summed E-state index contributed by atoms with van der Waals surface area (Å²) in [5, 5.41) is 27.9. The van der Waals surface area contributed by atoms with E-state index >= 15 is 0 Å². The monoisotopic (exact) mass is 626 g/mol. The molecule has 43 heavy (non-hydrogen) atoms. The van der Waals surface area contributed by atoms with Gasteiger partial charge in [0.2, 0.25) is 0 Å².